The van der Waals surface area contributed by atoms with Crippen LogP contribution in [0.25, 0.3) is 11.5 Å². The van der Waals surface area contributed by atoms with Crippen molar-refractivity contribution in [2.45, 2.75) is 0 Å². The monoisotopic (exact) mass is 211 g/mol. The molecule has 7 nitrogen and oxygen atoms in total. The van der Waals surface area contributed by atoms with E-state index in [1.165, 1.54) is 0 Å². The van der Waals surface area contributed by atoms with Crippen molar-refractivity contribution in [1.82, 2.24) is 29.1 Å². The molecule has 0 fully saturated rings. The summed E-state index contributed by atoms with van der Waals surface area (Å²) in [6.45, 7) is 0. The van der Waals surface area contributed by atoms with Gasteiger partial charge in [-0.05, 0) is 0 Å². The molecule has 0 aliphatic heterocycles. The number of nitriles is 1. The summed E-state index contributed by atoms with van der Waals surface area (Å²) in [6, 6.07) is 1.99. The summed E-state index contributed by atoms with van der Waals surface area (Å²) in [7, 11) is 0. The molecule has 16 heavy (non-hydrogen) atoms. The number of imidazole rings is 1. The zero-order chi connectivity index (χ0) is 11.0. The van der Waals surface area contributed by atoms with E-state index in [-0.39, 0.29) is 5.82 Å². The Hall–Kier alpha value is -2.75. The minimum absolute atomic E-state index is 0.267. The molecular formula is C9H5N7. The van der Waals surface area contributed by atoms with Gasteiger partial charge in [0.25, 0.3) is 0 Å². The van der Waals surface area contributed by atoms with Crippen LogP contribution in [0, 0.1) is 11.3 Å². The largest absolute Gasteiger partial charge is 0.284 e. The summed E-state index contributed by atoms with van der Waals surface area (Å²) in [5.41, 5.74) is 0.581. The second kappa shape index (κ2) is 3.13. The Morgan fingerprint density at radius 3 is 2.94 bits per heavy atom. The molecule has 0 saturated carbocycles. The van der Waals surface area contributed by atoms with Gasteiger partial charge in [-0.1, -0.05) is 0 Å². The van der Waals surface area contributed by atoms with E-state index in [1.54, 1.807) is 40.1 Å². The van der Waals surface area contributed by atoms with E-state index in [2.05, 4.69) is 20.2 Å². The highest BCUT2D eigenvalue weighted by atomic mass is 15.3. The Bertz CT molecular complexity index is 687. The number of fused-ring (bicyclic) bond motifs is 1. The second-order valence-electron chi connectivity index (χ2n) is 3.05. The maximum absolute atomic E-state index is 8.89. The Morgan fingerprint density at radius 2 is 2.06 bits per heavy atom. The average molecular weight is 211 g/mol. The van der Waals surface area contributed by atoms with Crippen molar-refractivity contribution in [3.05, 3.63) is 36.9 Å². The van der Waals surface area contributed by atoms with Gasteiger partial charge >= 0.3 is 0 Å². The Balaban J connectivity index is 2.35. The van der Waals surface area contributed by atoms with Crippen LogP contribution in [0.5, 0.6) is 0 Å². The molecule has 3 aromatic heterocycles. The first kappa shape index (κ1) is 8.55. The lowest BCUT2D eigenvalue weighted by atomic mass is 10.5. The van der Waals surface area contributed by atoms with Crippen molar-refractivity contribution in [2.24, 2.45) is 0 Å². The minimum atomic E-state index is 0.267. The van der Waals surface area contributed by atoms with E-state index in [4.69, 9.17) is 5.26 Å². The van der Waals surface area contributed by atoms with E-state index in [1.807, 2.05) is 6.07 Å². The topological polar surface area (TPSA) is 84.7 Å². The van der Waals surface area contributed by atoms with Gasteiger partial charge in [0.15, 0.2) is 5.82 Å². The molecule has 0 saturated heterocycles. The molecule has 3 heterocycles. The van der Waals surface area contributed by atoms with Crippen LogP contribution in [-0.4, -0.2) is 29.1 Å². The van der Waals surface area contributed by atoms with Crippen LogP contribution in [-0.2, 0) is 0 Å². The molecule has 0 aliphatic rings. The number of hydrogen-bond acceptors (Lipinski definition) is 5. The van der Waals surface area contributed by atoms with Gasteiger partial charge < -0.3 is 0 Å². The molecule has 3 aromatic rings. The summed E-state index contributed by atoms with van der Waals surface area (Å²) in [6.07, 6.45) is 8.13. The highest BCUT2D eigenvalue weighted by molar-refractivity contribution is 5.54. The van der Waals surface area contributed by atoms with Gasteiger partial charge in [0.05, 0.1) is 0 Å². The van der Waals surface area contributed by atoms with Crippen LogP contribution in [0.1, 0.15) is 5.82 Å². The molecule has 0 amide bonds. The van der Waals surface area contributed by atoms with Crippen LogP contribution in [0.15, 0.2) is 31.1 Å². The number of aromatic nitrogens is 6. The van der Waals surface area contributed by atoms with Crippen LogP contribution in [0.3, 0.4) is 0 Å². The van der Waals surface area contributed by atoms with Crippen molar-refractivity contribution in [2.75, 3.05) is 0 Å². The average Bonchev–Trinajstić information content (AvgIpc) is 2.96. The van der Waals surface area contributed by atoms with Crippen LogP contribution in [0.4, 0.5) is 0 Å². The van der Waals surface area contributed by atoms with E-state index in [0.717, 1.165) is 0 Å². The number of rotatable bonds is 1. The van der Waals surface area contributed by atoms with Gasteiger partial charge in [-0.15, -0.1) is 10.2 Å². The Morgan fingerprint density at radius 1 is 1.19 bits per heavy atom. The molecule has 0 aromatic carbocycles. The molecule has 0 unspecified atom stereocenters. The highest BCUT2D eigenvalue weighted by Crippen LogP contribution is 2.11. The van der Waals surface area contributed by atoms with E-state index in [9.17, 15) is 0 Å². The predicted molar refractivity (Wildman–Crippen MR) is 52.6 cm³/mol. The molecule has 0 radical (unpaired) electrons. The summed E-state index contributed by atoms with van der Waals surface area (Å²) in [4.78, 5) is 8.09. The molecule has 76 valence electrons. The molecule has 0 aliphatic carbocycles. The summed E-state index contributed by atoms with van der Waals surface area (Å²) in [5, 5.41) is 16.6. The molecule has 0 atom stereocenters. The van der Waals surface area contributed by atoms with Gasteiger partial charge in [0.2, 0.25) is 11.5 Å². The molecule has 3 rings (SSSR count). The fraction of sp³-hybridized carbons (Fsp3) is 0. The standard InChI is InChI=1S/C9H5N7/c10-5-7-11-2-4-16(7)8-9-14-13-6-15(9)3-1-12-8/h1-4,6H. The Labute approximate surface area is 89.6 Å². The van der Waals surface area contributed by atoms with Crippen LogP contribution >= 0.6 is 0 Å². The SMILES string of the molecule is N#Cc1nccn1-c1nccn2cnnc12. The molecule has 7 heteroatoms. The fourth-order valence-corrected chi connectivity index (χ4v) is 1.47. The highest BCUT2D eigenvalue weighted by Gasteiger charge is 2.10. The third kappa shape index (κ3) is 1.07. The first-order valence-electron chi connectivity index (χ1n) is 4.48. The van der Waals surface area contributed by atoms with Crippen molar-refractivity contribution in [3.8, 4) is 11.9 Å². The second-order valence-corrected chi connectivity index (χ2v) is 3.05. The lowest BCUT2D eigenvalue weighted by Crippen LogP contribution is -2.02. The molecule has 0 N–H and O–H groups in total. The van der Waals surface area contributed by atoms with Crippen molar-refractivity contribution >= 4 is 5.65 Å². The third-order valence-corrected chi connectivity index (χ3v) is 2.17. The number of hydrogen-bond donors (Lipinski definition) is 0. The zero-order valence-corrected chi connectivity index (χ0v) is 8.02. The van der Waals surface area contributed by atoms with E-state index >= 15 is 0 Å². The first-order valence-corrected chi connectivity index (χ1v) is 4.48. The van der Waals surface area contributed by atoms with Crippen molar-refractivity contribution in [3.63, 3.8) is 0 Å². The van der Waals surface area contributed by atoms with Gasteiger partial charge in [-0.2, -0.15) is 5.26 Å². The van der Waals surface area contributed by atoms with Gasteiger partial charge in [-0.3, -0.25) is 8.97 Å². The van der Waals surface area contributed by atoms with Crippen LogP contribution in [0.2, 0.25) is 0 Å². The smallest absolute Gasteiger partial charge is 0.218 e. The molecule has 0 bridgehead atoms. The maximum Gasteiger partial charge on any atom is 0.218 e. The van der Waals surface area contributed by atoms with Crippen molar-refractivity contribution < 1.29 is 0 Å². The number of nitrogens with zero attached hydrogens (tertiary/aromatic N) is 7. The van der Waals surface area contributed by atoms with Gasteiger partial charge in [0, 0.05) is 24.8 Å². The van der Waals surface area contributed by atoms with Crippen LogP contribution < -0.4 is 0 Å². The minimum Gasteiger partial charge on any atom is -0.284 e. The molecule has 0 spiro atoms. The van der Waals surface area contributed by atoms with Gasteiger partial charge in [-0.25, -0.2) is 9.97 Å². The summed E-state index contributed by atoms with van der Waals surface area (Å²) < 4.78 is 3.30. The van der Waals surface area contributed by atoms with Gasteiger partial charge in [0.1, 0.15) is 12.4 Å². The fourth-order valence-electron chi connectivity index (χ4n) is 1.47. The quantitative estimate of drug-likeness (QED) is 0.573. The Kier molecular flexibility index (Phi) is 1.67. The normalized spacial score (nSPS) is 10.4. The summed E-state index contributed by atoms with van der Waals surface area (Å²) >= 11 is 0. The maximum atomic E-state index is 8.89. The predicted octanol–water partition coefficient (Wildman–Crippen LogP) is 0.182. The lowest BCUT2D eigenvalue weighted by Gasteiger charge is -2.02. The first-order chi connectivity index (χ1) is 7.90. The van der Waals surface area contributed by atoms with E-state index in [0.29, 0.717) is 11.5 Å². The summed E-state index contributed by atoms with van der Waals surface area (Å²) in [5.74, 6) is 0.803. The van der Waals surface area contributed by atoms with Crippen molar-refractivity contribution in [1.29, 1.82) is 5.26 Å². The third-order valence-electron chi connectivity index (χ3n) is 2.17. The van der Waals surface area contributed by atoms with E-state index < -0.39 is 0 Å². The zero-order valence-electron chi connectivity index (χ0n) is 8.02. The molecular weight excluding hydrogens is 206 g/mol. The lowest BCUT2D eigenvalue weighted by molar-refractivity contribution is 0.948.